The van der Waals surface area contributed by atoms with E-state index in [0.717, 1.165) is 5.69 Å². The zero-order valence-corrected chi connectivity index (χ0v) is 8.00. The van der Waals surface area contributed by atoms with Gasteiger partial charge in [0.05, 0.1) is 0 Å². The van der Waals surface area contributed by atoms with Crippen LogP contribution >= 0.6 is 0 Å². The highest BCUT2D eigenvalue weighted by molar-refractivity contribution is 5.46. The first-order chi connectivity index (χ1) is 6.63. The molecule has 1 N–H and O–H groups in total. The average molecular weight is 197 g/mol. The zero-order chi connectivity index (χ0) is 10.6. The molecule has 0 bridgehead atoms. The maximum atomic E-state index is 12.2. The number of rotatable bonds is 4. The predicted octanol–water partition coefficient (Wildman–Crippen LogP) is 3.61. The molecule has 0 spiro atoms. The van der Waals surface area contributed by atoms with Crippen molar-refractivity contribution in [2.45, 2.75) is 19.4 Å². The number of benzene rings is 1. The molecule has 0 saturated heterocycles. The molecular formula is C11H13F2N. The van der Waals surface area contributed by atoms with Crippen molar-refractivity contribution in [3.63, 3.8) is 0 Å². The van der Waals surface area contributed by atoms with Gasteiger partial charge in [-0.2, -0.15) is 0 Å². The van der Waals surface area contributed by atoms with E-state index < -0.39 is 6.43 Å². The van der Waals surface area contributed by atoms with Gasteiger partial charge in [-0.05, 0) is 19.1 Å². The molecule has 0 radical (unpaired) electrons. The highest BCUT2D eigenvalue weighted by Crippen LogP contribution is 2.20. The second kappa shape index (κ2) is 4.74. The topological polar surface area (TPSA) is 12.0 Å². The molecule has 1 rings (SSSR count). The predicted molar refractivity (Wildman–Crippen MR) is 54.7 cm³/mol. The molecule has 0 saturated carbocycles. The molecule has 1 aromatic rings. The minimum Gasteiger partial charge on any atom is -0.379 e. The summed E-state index contributed by atoms with van der Waals surface area (Å²) in [4.78, 5) is 0. The highest BCUT2D eigenvalue weighted by atomic mass is 19.3. The van der Waals surface area contributed by atoms with Crippen LogP contribution in [0.5, 0.6) is 0 Å². The van der Waals surface area contributed by atoms with Crippen LogP contribution < -0.4 is 5.32 Å². The summed E-state index contributed by atoms with van der Waals surface area (Å²) in [6, 6.07) is 6.25. The quantitative estimate of drug-likeness (QED) is 0.727. The molecular weight excluding hydrogens is 184 g/mol. The van der Waals surface area contributed by atoms with Crippen LogP contribution in [0.3, 0.4) is 0 Å². The Morgan fingerprint density at radius 1 is 1.29 bits per heavy atom. The van der Waals surface area contributed by atoms with Crippen LogP contribution in [0.15, 0.2) is 36.9 Å². The summed E-state index contributed by atoms with van der Waals surface area (Å²) in [7, 11) is 0. The van der Waals surface area contributed by atoms with E-state index in [1.807, 2.05) is 6.92 Å². The fourth-order valence-corrected chi connectivity index (χ4v) is 1.05. The molecule has 0 fully saturated rings. The molecule has 0 aromatic heterocycles. The smallest absolute Gasteiger partial charge is 0.263 e. The largest absolute Gasteiger partial charge is 0.379 e. The van der Waals surface area contributed by atoms with Gasteiger partial charge in [0.2, 0.25) is 0 Å². The van der Waals surface area contributed by atoms with Crippen LogP contribution in [-0.2, 0) is 0 Å². The van der Waals surface area contributed by atoms with Gasteiger partial charge in [-0.3, -0.25) is 0 Å². The van der Waals surface area contributed by atoms with E-state index in [1.165, 1.54) is 12.1 Å². The number of hydrogen-bond acceptors (Lipinski definition) is 1. The second-order valence-corrected chi connectivity index (χ2v) is 3.09. The van der Waals surface area contributed by atoms with Gasteiger partial charge in [-0.25, -0.2) is 8.78 Å². The SMILES string of the molecule is C=CC(C)Nc1ccc(C(F)F)cc1. The number of halogens is 2. The van der Waals surface area contributed by atoms with E-state index in [0.29, 0.717) is 0 Å². The Bertz CT molecular complexity index is 293. The first-order valence-corrected chi connectivity index (χ1v) is 4.40. The van der Waals surface area contributed by atoms with Crippen molar-refractivity contribution in [2.24, 2.45) is 0 Å². The second-order valence-electron chi connectivity index (χ2n) is 3.09. The van der Waals surface area contributed by atoms with Crippen LogP contribution in [0, 0.1) is 0 Å². The van der Waals surface area contributed by atoms with Crippen molar-refractivity contribution in [1.82, 2.24) is 0 Å². The van der Waals surface area contributed by atoms with Gasteiger partial charge in [0.15, 0.2) is 0 Å². The van der Waals surface area contributed by atoms with Gasteiger partial charge >= 0.3 is 0 Å². The number of hydrogen-bond donors (Lipinski definition) is 1. The van der Waals surface area contributed by atoms with Gasteiger partial charge in [-0.15, -0.1) is 6.58 Å². The molecule has 0 amide bonds. The number of anilines is 1. The first kappa shape index (κ1) is 10.7. The molecule has 14 heavy (non-hydrogen) atoms. The number of alkyl halides is 2. The molecule has 0 aliphatic heterocycles. The van der Waals surface area contributed by atoms with Gasteiger partial charge in [-0.1, -0.05) is 18.2 Å². The lowest BCUT2D eigenvalue weighted by Crippen LogP contribution is -2.10. The van der Waals surface area contributed by atoms with Gasteiger partial charge in [0, 0.05) is 17.3 Å². The third kappa shape index (κ3) is 2.83. The zero-order valence-electron chi connectivity index (χ0n) is 8.00. The summed E-state index contributed by atoms with van der Waals surface area (Å²) in [6.45, 7) is 5.56. The summed E-state index contributed by atoms with van der Waals surface area (Å²) in [5, 5.41) is 3.09. The fraction of sp³-hybridized carbons (Fsp3) is 0.273. The Balaban J connectivity index is 2.68. The van der Waals surface area contributed by atoms with Crippen molar-refractivity contribution >= 4 is 5.69 Å². The fourth-order valence-electron chi connectivity index (χ4n) is 1.05. The first-order valence-electron chi connectivity index (χ1n) is 4.40. The average Bonchev–Trinajstić information content (AvgIpc) is 2.18. The van der Waals surface area contributed by atoms with Crippen molar-refractivity contribution in [1.29, 1.82) is 0 Å². The molecule has 0 heterocycles. The maximum Gasteiger partial charge on any atom is 0.263 e. The molecule has 1 unspecified atom stereocenters. The molecule has 3 heteroatoms. The van der Waals surface area contributed by atoms with E-state index >= 15 is 0 Å². The maximum absolute atomic E-state index is 12.2. The Morgan fingerprint density at radius 3 is 2.29 bits per heavy atom. The Labute approximate surface area is 82.4 Å². The summed E-state index contributed by atoms with van der Waals surface area (Å²) >= 11 is 0. The lowest BCUT2D eigenvalue weighted by molar-refractivity contribution is 0.151. The van der Waals surface area contributed by atoms with E-state index in [9.17, 15) is 8.78 Å². The Kier molecular flexibility index (Phi) is 3.63. The normalized spacial score (nSPS) is 12.6. The van der Waals surface area contributed by atoms with Crippen LogP contribution in [0.25, 0.3) is 0 Å². The summed E-state index contributed by atoms with van der Waals surface area (Å²) in [5.74, 6) is 0. The van der Waals surface area contributed by atoms with E-state index in [4.69, 9.17) is 0 Å². The van der Waals surface area contributed by atoms with Crippen molar-refractivity contribution in [3.05, 3.63) is 42.5 Å². The summed E-state index contributed by atoms with van der Waals surface area (Å²) < 4.78 is 24.4. The van der Waals surface area contributed by atoms with Crippen LogP contribution in [0.1, 0.15) is 18.9 Å². The van der Waals surface area contributed by atoms with Crippen molar-refractivity contribution < 1.29 is 8.78 Å². The summed E-state index contributed by atoms with van der Waals surface area (Å²) in [5.41, 5.74) is 0.864. The lowest BCUT2D eigenvalue weighted by atomic mass is 10.2. The minimum absolute atomic E-state index is 0.0433. The van der Waals surface area contributed by atoms with Gasteiger partial charge in [0.1, 0.15) is 0 Å². The van der Waals surface area contributed by atoms with E-state index in [2.05, 4.69) is 11.9 Å². The van der Waals surface area contributed by atoms with Crippen molar-refractivity contribution in [3.8, 4) is 0 Å². The van der Waals surface area contributed by atoms with Crippen molar-refractivity contribution in [2.75, 3.05) is 5.32 Å². The molecule has 76 valence electrons. The molecule has 0 aliphatic rings. The highest BCUT2D eigenvalue weighted by Gasteiger charge is 2.05. The van der Waals surface area contributed by atoms with Crippen LogP contribution in [-0.4, -0.2) is 6.04 Å². The summed E-state index contributed by atoms with van der Waals surface area (Å²) in [6.07, 6.45) is -0.651. The Morgan fingerprint density at radius 2 is 1.86 bits per heavy atom. The third-order valence-electron chi connectivity index (χ3n) is 1.91. The van der Waals surface area contributed by atoms with E-state index in [-0.39, 0.29) is 11.6 Å². The Hall–Kier alpha value is -1.38. The standard InChI is InChI=1S/C11H13F2N/c1-3-8(2)14-10-6-4-9(5-7-10)11(12)13/h3-8,11,14H,1H2,2H3. The molecule has 1 atom stereocenters. The monoisotopic (exact) mass is 197 g/mol. The third-order valence-corrected chi connectivity index (χ3v) is 1.91. The van der Waals surface area contributed by atoms with Crippen LogP contribution in [0.4, 0.5) is 14.5 Å². The minimum atomic E-state index is -2.40. The lowest BCUT2D eigenvalue weighted by Gasteiger charge is -2.10. The van der Waals surface area contributed by atoms with Crippen LogP contribution in [0.2, 0.25) is 0 Å². The van der Waals surface area contributed by atoms with Gasteiger partial charge in [0.25, 0.3) is 6.43 Å². The molecule has 1 aromatic carbocycles. The van der Waals surface area contributed by atoms with E-state index in [1.54, 1.807) is 18.2 Å². The number of nitrogens with one attached hydrogen (secondary N) is 1. The molecule has 0 aliphatic carbocycles. The molecule has 1 nitrogen and oxygen atoms in total. The van der Waals surface area contributed by atoms with Gasteiger partial charge < -0.3 is 5.32 Å².